The summed E-state index contributed by atoms with van der Waals surface area (Å²) in [6.45, 7) is 5.35. The van der Waals surface area contributed by atoms with Gasteiger partial charge in [-0.1, -0.05) is 62.1 Å². The molecule has 0 aliphatic carbocycles. The molecule has 4 nitrogen and oxygen atoms in total. The minimum Gasteiger partial charge on any atom is -0.490 e. The molecule has 0 radical (unpaired) electrons. The molecule has 0 aromatic heterocycles. The molecule has 0 spiro atoms. The fourth-order valence-electron chi connectivity index (χ4n) is 2.80. The predicted octanol–water partition coefficient (Wildman–Crippen LogP) is 5.49. The molecule has 152 valence electrons. The van der Waals surface area contributed by atoms with Crippen molar-refractivity contribution in [2.24, 2.45) is 0 Å². The highest BCUT2D eigenvalue weighted by atomic mass is 32.2. The second-order valence-electron chi connectivity index (χ2n) is 6.89. The summed E-state index contributed by atoms with van der Waals surface area (Å²) in [4.78, 5) is 14.2. The summed E-state index contributed by atoms with van der Waals surface area (Å²) in [5.74, 6) is 2.12. The number of likely N-dealkylation sites (N-methyl/N-ethyl adjacent to an activating group) is 1. The van der Waals surface area contributed by atoms with Gasteiger partial charge in [-0.3, -0.25) is 9.69 Å². The predicted molar refractivity (Wildman–Crippen MR) is 124 cm³/mol. The first-order valence-electron chi connectivity index (χ1n) is 9.65. The van der Waals surface area contributed by atoms with Crippen molar-refractivity contribution in [3.8, 4) is 11.5 Å². The van der Waals surface area contributed by atoms with Crippen LogP contribution in [-0.2, 0) is 4.79 Å². The minimum absolute atomic E-state index is 0.0605. The molecule has 0 bridgehead atoms. The SMILES string of the molecule is CC[C@@H](C)c1ccc(OCCOc2ccc(/C=C3/SC(=S)N(C)C3=O)cc2)cc1. The summed E-state index contributed by atoms with van der Waals surface area (Å²) >= 11 is 6.47. The lowest BCUT2D eigenvalue weighted by Gasteiger charge is -2.11. The first-order chi connectivity index (χ1) is 14.0. The lowest BCUT2D eigenvalue weighted by atomic mass is 9.99. The van der Waals surface area contributed by atoms with E-state index in [1.165, 1.54) is 22.2 Å². The van der Waals surface area contributed by atoms with Crippen molar-refractivity contribution in [2.45, 2.75) is 26.2 Å². The van der Waals surface area contributed by atoms with E-state index in [0.717, 1.165) is 23.5 Å². The van der Waals surface area contributed by atoms with E-state index < -0.39 is 0 Å². The van der Waals surface area contributed by atoms with Gasteiger partial charge in [-0.2, -0.15) is 0 Å². The molecule has 0 N–H and O–H groups in total. The molecule has 1 amide bonds. The van der Waals surface area contributed by atoms with Crippen LogP contribution in [0, 0.1) is 0 Å². The van der Waals surface area contributed by atoms with Gasteiger partial charge in [0.2, 0.25) is 0 Å². The zero-order valence-electron chi connectivity index (χ0n) is 16.9. The molecular weight excluding hydrogens is 402 g/mol. The van der Waals surface area contributed by atoms with Crippen LogP contribution in [0.5, 0.6) is 11.5 Å². The van der Waals surface area contributed by atoms with E-state index in [1.807, 2.05) is 42.5 Å². The summed E-state index contributed by atoms with van der Waals surface area (Å²) in [6, 6.07) is 15.9. The average Bonchev–Trinajstić information content (AvgIpc) is 2.98. The van der Waals surface area contributed by atoms with Crippen molar-refractivity contribution in [3.05, 3.63) is 64.6 Å². The van der Waals surface area contributed by atoms with Crippen LogP contribution in [0.4, 0.5) is 0 Å². The van der Waals surface area contributed by atoms with Gasteiger partial charge in [0.05, 0.1) is 4.91 Å². The zero-order valence-corrected chi connectivity index (χ0v) is 18.5. The van der Waals surface area contributed by atoms with Crippen molar-refractivity contribution in [3.63, 3.8) is 0 Å². The van der Waals surface area contributed by atoms with Gasteiger partial charge in [0.25, 0.3) is 5.91 Å². The van der Waals surface area contributed by atoms with Crippen LogP contribution in [0.3, 0.4) is 0 Å². The number of thiocarbonyl (C=S) groups is 1. The number of hydrogen-bond donors (Lipinski definition) is 0. The quantitative estimate of drug-likeness (QED) is 0.316. The lowest BCUT2D eigenvalue weighted by Crippen LogP contribution is -2.22. The third kappa shape index (κ3) is 5.61. The Labute approximate surface area is 181 Å². The molecule has 0 saturated carbocycles. The van der Waals surface area contributed by atoms with Gasteiger partial charge in [-0.05, 0) is 53.8 Å². The van der Waals surface area contributed by atoms with E-state index >= 15 is 0 Å². The summed E-state index contributed by atoms with van der Waals surface area (Å²) in [5.41, 5.74) is 2.27. The molecule has 1 heterocycles. The summed E-state index contributed by atoms with van der Waals surface area (Å²) in [6.07, 6.45) is 2.97. The number of ether oxygens (including phenoxy) is 2. The van der Waals surface area contributed by atoms with E-state index in [1.54, 1.807) is 7.05 Å². The minimum atomic E-state index is -0.0605. The van der Waals surface area contributed by atoms with Crippen LogP contribution < -0.4 is 9.47 Å². The number of carbonyl (C=O) groups excluding carboxylic acids is 1. The summed E-state index contributed by atoms with van der Waals surface area (Å²) in [7, 11) is 1.69. The molecule has 1 atom stereocenters. The Bertz CT molecular complexity index is 891. The topological polar surface area (TPSA) is 38.8 Å². The van der Waals surface area contributed by atoms with Crippen molar-refractivity contribution in [1.29, 1.82) is 0 Å². The van der Waals surface area contributed by atoms with Gasteiger partial charge < -0.3 is 9.47 Å². The first kappa shape index (κ1) is 21.4. The lowest BCUT2D eigenvalue weighted by molar-refractivity contribution is -0.121. The number of amides is 1. The maximum atomic E-state index is 12.1. The van der Waals surface area contributed by atoms with E-state index in [0.29, 0.717) is 28.4 Å². The monoisotopic (exact) mass is 427 g/mol. The Balaban J connectivity index is 1.46. The van der Waals surface area contributed by atoms with Gasteiger partial charge in [-0.15, -0.1) is 0 Å². The van der Waals surface area contributed by atoms with Crippen LogP contribution in [-0.4, -0.2) is 35.4 Å². The number of rotatable bonds is 8. The Hall–Kier alpha value is -2.31. The number of thioether (sulfide) groups is 1. The molecule has 1 aliphatic rings. The molecule has 1 fully saturated rings. The van der Waals surface area contributed by atoms with Gasteiger partial charge in [-0.25, -0.2) is 0 Å². The first-order valence-corrected chi connectivity index (χ1v) is 10.9. The molecule has 29 heavy (non-hydrogen) atoms. The van der Waals surface area contributed by atoms with Crippen molar-refractivity contribution >= 4 is 40.3 Å². The van der Waals surface area contributed by atoms with Gasteiger partial charge in [0, 0.05) is 7.05 Å². The second-order valence-corrected chi connectivity index (χ2v) is 8.56. The molecule has 1 saturated heterocycles. The van der Waals surface area contributed by atoms with Gasteiger partial charge in [0.15, 0.2) is 0 Å². The van der Waals surface area contributed by atoms with Crippen molar-refractivity contribution in [2.75, 3.05) is 20.3 Å². The summed E-state index contributed by atoms with van der Waals surface area (Å²) < 4.78 is 12.1. The third-order valence-electron chi connectivity index (χ3n) is 4.85. The molecule has 1 aliphatic heterocycles. The Morgan fingerprint density at radius 1 is 1.03 bits per heavy atom. The zero-order chi connectivity index (χ0) is 20.8. The van der Waals surface area contributed by atoms with E-state index in [-0.39, 0.29) is 5.91 Å². The highest BCUT2D eigenvalue weighted by Gasteiger charge is 2.28. The average molecular weight is 428 g/mol. The number of benzene rings is 2. The molecule has 3 rings (SSSR count). The van der Waals surface area contributed by atoms with Crippen LogP contribution in [0.1, 0.15) is 37.3 Å². The van der Waals surface area contributed by atoms with Crippen LogP contribution >= 0.6 is 24.0 Å². The highest BCUT2D eigenvalue weighted by molar-refractivity contribution is 8.26. The largest absolute Gasteiger partial charge is 0.490 e. The van der Waals surface area contributed by atoms with Crippen LogP contribution in [0.2, 0.25) is 0 Å². The Kier molecular flexibility index (Phi) is 7.34. The molecular formula is C23H25NO3S2. The Morgan fingerprint density at radius 2 is 1.59 bits per heavy atom. The molecule has 2 aromatic carbocycles. The number of carbonyl (C=O) groups is 1. The molecule has 6 heteroatoms. The van der Waals surface area contributed by atoms with E-state index in [2.05, 4.69) is 26.0 Å². The fourth-order valence-corrected chi connectivity index (χ4v) is 3.98. The molecule has 2 aromatic rings. The smallest absolute Gasteiger partial charge is 0.265 e. The van der Waals surface area contributed by atoms with Crippen molar-refractivity contribution in [1.82, 2.24) is 4.90 Å². The number of nitrogens with zero attached hydrogens (tertiary/aromatic N) is 1. The van der Waals surface area contributed by atoms with Crippen LogP contribution in [0.25, 0.3) is 6.08 Å². The number of hydrogen-bond acceptors (Lipinski definition) is 5. The normalized spacial score (nSPS) is 16.4. The maximum absolute atomic E-state index is 12.1. The van der Waals surface area contributed by atoms with E-state index in [4.69, 9.17) is 21.7 Å². The standard InChI is InChI=1S/C23H25NO3S2/c1-4-16(2)18-7-11-20(12-8-18)27-14-13-26-19-9-5-17(6-10-19)15-21-22(25)24(3)23(28)29-21/h5-12,15-16H,4,13-14H2,1-3H3/b21-15+/t16-/m1/s1. The highest BCUT2D eigenvalue weighted by Crippen LogP contribution is 2.31. The van der Waals surface area contributed by atoms with Gasteiger partial charge in [0.1, 0.15) is 29.0 Å². The maximum Gasteiger partial charge on any atom is 0.265 e. The Morgan fingerprint density at radius 3 is 2.07 bits per heavy atom. The third-order valence-corrected chi connectivity index (χ3v) is 6.33. The second kappa shape index (κ2) is 9.94. The van der Waals surface area contributed by atoms with Gasteiger partial charge >= 0.3 is 0 Å². The van der Waals surface area contributed by atoms with E-state index in [9.17, 15) is 4.79 Å². The van der Waals surface area contributed by atoms with Crippen LogP contribution in [0.15, 0.2) is 53.4 Å². The summed E-state index contributed by atoms with van der Waals surface area (Å²) in [5, 5.41) is 0. The molecule has 0 unspecified atom stereocenters. The fraction of sp³-hybridized carbons (Fsp3) is 0.304. The van der Waals surface area contributed by atoms with Crippen molar-refractivity contribution < 1.29 is 14.3 Å².